The van der Waals surface area contributed by atoms with Gasteiger partial charge < -0.3 is 14.4 Å². The Morgan fingerprint density at radius 1 is 1.07 bits per heavy atom. The fraction of sp³-hybridized carbons (Fsp3) is 0.435. The minimum Gasteiger partial charge on any atom is -0.399 e. The number of hydrogen-bond acceptors (Lipinski definition) is 4. The summed E-state index contributed by atoms with van der Waals surface area (Å²) < 4.78 is 12.3. The fourth-order valence-electron chi connectivity index (χ4n) is 3.71. The Labute approximate surface area is 167 Å². The minimum absolute atomic E-state index is 0.383. The third kappa shape index (κ3) is 3.37. The van der Waals surface area contributed by atoms with E-state index in [4.69, 9.17) is 9.31 Å². The summed E-state index contributed by atoms with van der Waals surface area (Å²) >= 11 is 0. The van der Waals surface area contributed by atoms with E-state index in [1.807, 2.05) is 64.1 Å². The molecule has 1 unspecified atom stereocenters. The number of aliphatic hydroxyl groups is 1. The van der Waals surface area contributed by atoms with E-state index in [-0.39, 0.29) is 11.2 Å². The topological polar surface area (TPSA) is 51.6 Å². The van der Waals surface area contributed by atoms with Crippen LogP contribution in [0.4, 0.5) is 0 Å². The van der Waals surface area contributed by atoms with Crippen LogP contribution in [0.1, 0.15) is 57.4 Å². The van der Waals surface area contributed by atoms with Gasteiger partial charge in [0.05, 0.1) is 16.9 Å². The lowest BCUT2D eigenvalue weighted by Gasteiger charge is -2.32. The molecule has 1 saturated heterocycles. The van der Waals surface area contributed by atoms with Crippen molar-refractivity contribution in [1.29, 1.82) is 0 Å². The van der Waals surface area contributed by atoms with Crippen LogP contribution in [0.5, 0.6) is 0 Å². The molecule has 4 rings (SSSR count). The van der Waals surface area contributed by atoms with Gasteiger partial charge in [-0.2, -0.15) is 0 Å². The number of hydrogen-bond donors (Lipinski definition) is 1. The molecule has 4 nitrogen and oxygen atoms in total. The van der Waals surface area contributed by atoms with Crippen molar-refractivity contribution in [3.05, 3.63) is 59.4 Å². The number of rotatable bonds is 1. The molecule has 0 radical (unpaired) electrons. The lowest BCUT2D eigenvalue weighted by molar-refractivity contribution is 0.00578. The van der Waals surface area contributed by atoms with E-state index in [2.05, 4.69) is 16.8 Å². The van der Waals surface area contributed by atoms with Crippen LogP contribution in [0.15, 0.2) is 42.6 Å². The van der Waals surface area contributed by atoms with E-state index in [1.165, 1.54) is 0 Å². The standard InChI is InChI=1S/C23H26BNO3/c1-21(2)22(3,4)28-24(27-21)19-11-5-8-17(16-19)12-14-23(26)13-6-9-18-10-7-15-25-20(18)23/h5,7-8,10-11,15-16,26H,6,9,13H2,1-4H3. The third-order valence-electron chi connectivity index (χ3n) is 6.09. The molecule has 1 aromatic carbocycles. The van der Waals surface area contributed by atoms with Crippen molar-refractivity contribution in [3.63, 3.8) is 0 Å². The highest BCUT2D eigenvalue weighted by Gasteiger charge is 2.51. The average molecular weight is 375 g/mol. The second kappa shape index (κ2) is 6.74. The highest BCUT2D eigenvalue weighted by molar-refractivity contribution is 6.62. The Morgan fingerprint density at radius 2 is 1.82 bits per heavy atom. The first kappa shape index (κ1) is 19.2. The Balaban J connectivity index is 1.61. The van der Waals surface area contributed by atoms with E-state index in [1.54, 1.807) is 6.20 Å². The first-order valence-corrected chi connectivity index (χ1v) is 9.86. The largest absolute Gasteiger partial charge is 0.494 e. The predicted molar refractivity (Wildman–Crippen MR) is 110 cm³/mol. The predicted octanol–water partition coefficient (Wildman–Crippen LogP) is 2.96. The molecule has 1 fully saturated rings. The van der Waals surface area contributed by atoms with E-state index >= 15 is 0 Å². The van der Waals surface area contributed by atoms with Crippen LogP contribution >= 0.6 is 0 Å². The Bertz CT molecular complexity index is 944. The molecular weight excluding hydrogens is 349 g/mol. The molecule has 0 bridgehead atoms. The maximum absolute atomic E-state index is 11.1. The second-order valence-corrected chi connectivity index (χ2v) is 8.69. The Morgan fingerprint density at radius 3 is 2.57 bits per heavy atom. The summed E-state index contributed by atoms with van der Waals surface area (Å²) in [5, 5.41) is 11.1. The number of nitrogens with zero attached hydrogens (tertiary/aromatic N) is 1. The maximum Gasteiger partial charge on any atom is 0.494 e. The summed E-state index contributed by atoms with van der Waals surface area (Å²) in [7, 11) is -0.424. The third-order valence-corrected chi connectivity index (χ3v) is 6.09. The lowest BCUT2D eigenvalue weighted by atomic mass is 9.78. The van der Waals surface area contributed by atoms with Gasteiger partial charge in [0, 0.05) is 11.8 Å². The molecule has 28 heavy (non-hydrogen) atoms. The van der Waals surface area contributed by atoms with Crippen LogP contribution in [0.2, 0.25) is 0 Å². The zero-order chi connectivity index (χ0) is 20.0. The van der Waals surface area contributed by atoms with E-state index < -0.39 is 12.7 Å². The number of pyridine rings is 1. The summed E-state index contributed by atoms with van der Waals surface area (Å²) in [5.41, 5.74) is 1.56. The van der Waals surface area contributed by atoms with Crippen LogP contribution in [0.3, 0.4) is 0 Å². The normalized spacial score (nSPS) is 25.0. The van der Waals surface area contributed by atoms with Crippen LogP contribution in [0.25, 0.3) is 0 Å². The molecule has 1 aliphatic carbocycles. The fourth-order valence-corrected chi connectivity index (χ4v) is 3.71. The van der Waals surface area contributed by atoms with Crippen molar-refractivity contribution < 1.29 is 14.4 Å². The molecule has 1 atom stereocenters. The highest BCUT2D eigenvalue weighted by atomic mass is 16.7. The first-order chi connectivity index (χ1) is 13.2. The van der Waals surface area contributed by atoms with E-state index in [0.29, 0.717) is 12.1 Å². The molecule has 2 aliphatic rings. The van der Waals surface area contributed by atoms with Gasteiger partial charge in [-0.25, -0.2) is 0 Å². The van der Waals surface area contributed by atoms with E-state index in [0.717, 1.165) is 29.4 Å². The number of aromatic nitrogens is 1. The molecule has 0 saturated carbocycles. The van der Waals surface area contributed by atoms with Crippen molar-refractivity contribution >= 4 is 12.6 Å². The Kier molecular flexibility index (Phi) is 4.62. The zero-order valence-corrected chi connectivity index (χ0v) is 17.0. The van der Waals surface area contributed by atoms with Crippen molar-refractivity contribution in [2.75, 3.05) is 0 Å². The zero-order valence-electron chi connectivity index (χ0n) is 17.0. The smallest absolute Gasteiger partial charge is 0.399 e. The quantitative estimate of drug-likeness (QED) is 0.615. The van der Waals surface area contributed by atoms with Crippen LogP contribution in [-0.2, 0) is 21.3 Å². The monoisotopic (exact) mass is 375 g/mol. The van der Waals surface area contributed by atoms with Gasteiger partial charge in [-0.3, -0.25) is 4.98 Å². The van der Waals surface area contributed by atoms with E-state index in [9.17, 15) is 5.11 Å². The summed E-state index contributed by atoms with van der Waals surface area (Å²) in [4.78, 5) is 4.40. The molecule has 0 amide bonds. The van der Waals surface area contributed by atoms with Crippen molar-refractivity contribution in [2.45, 2.75) is 63.8 Å². The van der Waals surface area contributed by atoms with Gasteiger partial charge in [-0.05, 0) is 76.2 Å². The van der Waals surface area contributed by atoms with Gasteiger partial charge in [0.1, 0.15) is 0 Å². The van der Waals surface area contributed by atoms with Crippen LogP contribution < -0.4 is 5.46 Å². The molecule has 5 heteroatoms. The van der Waals surface area contributed by atoms with Gasteiger partial charge in [0.2, 0.25) is 0 Å². The van der Waals surface area contributed by atoms with Crippen molar-refractivity contribution in [1.82, 2.24) is 4.98 Å². The minimum atomic E-state index is -1.20. The second-order valence-electron chi connectivity index (χ2n) is 8.69. The average Bonchev–Trinajstić information content (AvgIpc) is 2.88. The van der Waals surface area contributed by atoms with Gasteiger partial charge in [0.25, 0.3) is 0 Å². The maximum atomic E-state index is 11.1. The van der Waals surface area contributed by atoms with Crippen LogP contribution in [0, 0.1) is 11.8 Å². The molecule has 144 valence electrons. The number of benzene rings is 1. The van der Waals surface area contributed by atoms with Gasteiger partial charge >= 0.3 is 7.12 Å². The van der Waals surface area contributed by atoms with Crippen molar-refractivity contribution in [3.8, 4) is 11.8 Å². The summed E-state index contributed by atoms with van der Waals surface area (Å²) in [5.74, 6) is 6.23. The molecular formula is C23H26BNO3. The summed E-state index contributed by atoms with van der Waals surface area (Å²) in [6.07, 6.45) is 4.15. The van der Waals surface area contributed by atoms with Gasteiger partial charge in [-0.15, -0.1) is 0 Å². The molecule has 2 aromatic rings. The number of fused-ring (bicyclic) bond motifs is 1. The molecule has 1 N–H and O–H groups in total. The molecule has 1 aromatic heterocycles. The lowest BCUT2D eigenvalue weighted by Crippen LogP contribution is -2.41. The first-order valence-electron chi connectivity index (χ1n) is 9.86. The number of aryl methyl sites for hydroxylation is 1. The summed E-state index contributed by atoms with van der Waals surface area (Å²) in [6.45, 7) is 8.17. The molecule has 0 spiro atoms. The van der Waals surface area contributed by atoms with Crippen molar-refractivity contribution in [2.24, 2.45) is 0 Å². The Hall–Kier alpha value is -2.13. The van der Waals surface area contributed by atoms with Gasteiger partial charge in [-0.1, -0.05) is 30.0 Å². The SMILES string of the molecule is CC1(C)OB(c2cccc(C#CC3(O)CCCc4cccnc43)c2)OC1(C)C. The van der Waals surface area contributed by atoms with Crippen LogP contribution in [-0.4, -0.2) is 28.4 Å². The molecule has 2 heterocycles. The van der Waals surface area contributed by atoms with Gasteiger partial charge in [0.15, 0.2) is 5.60 Å². The highest BCUT2D eigenvalue weighted by Crippen LogP contribution is 2.36. The summed E-state index contributed by atoms with van der Waals surface area (Å²) in [6, 6.07) is 11.8. The molecule has 1 aliphatic heterocycles.